The summed E-state index contributed by atoms with van der Waals surface area (Å²) < 4.78 is 39.0. The van der Waals surface area contributed by atoms with Crippen molar-refractivity contribution in [3.63, 3.8) is 0 Å². The largest absolute Gasteiger partial charge is 0.416 e. The average Bonchev–Trinajstić information content (AvgIpc) is 2.45. The quantitative estimate of drug-likeness (QED) is 0.624. The summed E-state index contributed by atoms with van der Waals surface area (Å²) in [6, 6.07) is 10.6. The van der Waals surface area contributed by atoms with Gasteiger partial charge in [0.15, 0.2) is 5.82 Å². The van der Waals surface area contributed by atoms with Gasteiger partial charge in [0.2, 0.25) is 0 Å². The van der Waals surface area contributed by atoms with Crippen LogP contribution < -0.4 is 0 Å². The van der Waals surface area contributed by atoms with Crippen LogP contribution in [0.25, 0.3) is 22.3 Å². The van der Waals surface area contributed by atoms with Crippen molar-refractivity contribution in [2.45, 2.75) is 6.18 Å². The van der Waals surface area contributed by atoms with Crippen molar-refractivity contribution in [1.82, 2.24) is 9.97 Å². The number of hydrogen-bond donors (Lipinski definition) is 0. The van der Waals surface area contributed by atoms with Gasteiger partial charge in [-0.25, -0.2) is 9.97 Å². The topological polar surface area (TPSA) is 25.8 Å². The molecule has 21 heavy (non-hydrogen) atoms. The predicted octanol–water partition coefficient (Wildman–Crippen LogP) is 4.88. The number of nitrogens with zero attached hydrogens (tertiary/aromatic N) is 2. The van der Waals surface area contributed by atoms with E-state index >= 15 is 0 Å². The summed E-state index contributed by atoms with van der Waals surface area (Å²) in [7, 11) is 0. The number of halogens is 4. The molecule has 0 atom stereocenters. The molecule has 3 rings (SSSR count). The van der Waals surface area contributed by atoms with Gasteiger partial charge in [0.1, 0.15) is 6.20 Å². The Morgan fingerprint density at radius 3 is 2.57 bits per heavy atom. The lowest BCUT2D eigenvalue weighted by atomic mass is 10.1. The molecule has 0 N–H and O–H groups in total. The van der Waals surface area contributed by atoms with Crippen LogP contribution in [0.4, 0.5) is 13.2 Å². The van der Waals surface area contributed by atoms with Gasteiger partial charge in [-0.2, -0.15) is 13.2 Å². The van der Waals surface area contributed by atoms with Crippen molar-refractivity contribution >= 4 is 26.8 Å². The smallest absolute Gasteiger partial charge is 0.228 e. The zero-order valence-corrected chi connectivity index (χ0v) is 12.0. The van der Waals surface area contributed by atoms with E-state index in [2.05, 4.69) is 32.1 Å². The molecule has 0 unspecified atom stereocenters. The van der Waals surface area contributed by atoms with E-state index in [1.54, 1.807) is 18.2 Å². The zero-order valence-electron chi connectivity index (χ0n) is 10.4. The monoisotopic (exact) mass is 351 g/mol. The predicted molar refractivity (Wildman–Crippen MR) is 76.5 cm³/mol. The second kappa shape index (κ2) is 5.11. The highest BCUT2D eigenvalue weighted by Crippen LogP contribution is 2.31. The third-order valence-corrected chi connectivity index (χ3v) is 3.41. The Hall–Kier alpha value is -1.95. The summed E-state index contributed by atoms with van der Waals surface area (Å²) in [5.74, 6) is 0.336. The fourth-order valence-electron chi connectivity index (χ4n) is 1.90. The Labute approximate surface area is 126 Å². The van der Waals surface area contributed by atoms with E-state index in [-0.39, 0.29) is 5.52 Å². The van der Waals surface area contributed by atoms with Crippen LogP contribution in [0, 0.1) is 6.20 Å². The van der Waals surface area contributed by atoms with Gasteiger partial charge in [-0.05, 0) is 30.3 Å². The van der Waals surface area contributed by atoms with Gasteiger partial charge < -0.3 is 0 Å². The normalized spacial score (nSPS) is 11.8. The highest BCUT2D eigenvalue weighted by atomic mass is 79.9. The Bertz CT molecular complexity index is 815. The molecule has 1 heterocycles. The highest BCUT2D eigenvalue weighted by molar-refractivity contribution is 9.10. The molecule has 0 fully saturated rings. The molecule has 0 aliphatic heterocycles. The minimum atomic E-state index is -4.39. The minimum absolute atomic E-state index is 0.217. The SMILES string of the molecule is FC(F)(F)c1ccc2[c]nc(-c3cccc(Br)c3)nc2c1. The second-order valence-corrected chi connectivity index (χ2v) is 5.31. The lowest BCUT2D eigenvalue weighted by Gasteiger charge is -2.08. The molecule has 1 radical (unpaired) electrons. The Balaban J connectivity index is 2.14. The molecule has 0 saturated carbocycles. The summed E-state index contributed by atoms with van der Waals surface area (Å²) in [6.45, 7) is 0. The average molecular weight is 352 g/mol. The van der Waals surface area contributed by atoms with Crippen molar-refractivity contribution in [2.24, 2.45) is 0 Å². The number of rotatable bonds is 1. The Kier molecular flexibility index (Phi) is 3.41. The lowest BCUT2D eigenvalue weighted by molar-refractivity contribution is -0.137. The van der Waals surface area contributed by atoms with Crippen molar-refractivity contribution in [3.05, 3.63) is 58.7 Å². The fraction of sp³-hybridized carbons (Fsp3) is 0.0667. The Morgan fingerprint density at radius 2 is 1.86 bits per heavy atom. The van der Waals surface area contributed by atoms with Crippen molar-refractivity contribution in [3.8, 4) is 11.4 Å². The first-order valence-electron chi connectivity index (χ1n) is 5.96. The van der Waals surface area contributed by atoms with Crippen molar-refractivity contribution in [1.29, 1.82) is 0 Å². The molecule has 0 spiro atoms. The molecule has 0 aliphatic carbocycles. The molecular formula is C15H7BrF3N2. The summed E-state index contributed by atoms with van der Waals surface area (Å²) in [5.41, 5.74) is 0.192. The number of aromatic nitrogens is 2. The molecular weight excluding hydrogens is 345 g/mol. The standard InChI is InChI=1S/C15H7BrF3N2/c16-12-3-1-2-9(6-12)14-20-8-10-4-5-11(15(17,18)19)7-13(10)21-14/h1-7H. The number of alkyl halides is 3. The van der Waals surface area contributed by atoms with Crippen LogP contribution >= 0.6 is 15.9 Å². The van der Waals surface area contributed by atoms with Crippen LogP contribution in [-0.2, 0) is 6.18 Å². The van der Waals surface area contributed by atoms with Crippen LogP contribution in [0.15, 0.2) is 46.9 Å². The first kappa shape index (κ1) is 14.0. The van der Waals surface area contributed by atoms with Gasteiger partial charge in [-0.1, -0.05) is 28.1 Å². The summed E-state index contributed by atoms with van der Waals surface area (Å²) in [5, 5.41) is 0.446. The van der Waals surface area contributed by atoms with Gasteiger partial charge in [0.25, 0.3) is 0 Å². The van der Waals surface area contributed by atoms with Crippen LogP contribution in [0.3, 0.4) is 0 Å². The maximum absolute atomic E-state index is 12.7. The van der Waals surface area contributed by atoms with Gasteiger partial charge >= 0.3 is 6.18 Å². The minimum Gasteiger partial charge on any atom is -0.228 e. The van der Waals surface area contributed by atoms with Crippen LogP contribution in [0.1, 0.15) is 5.56 Å². The van der Waals surface area contributed by atoms with E-state index in [4.69, 9.17) is 0 Å². The molecule has 2 aromatic carbocycles. The molecule has 105 valence electrons. The van der Waals surface area contributed by atoms with Crippen LogP contribution in [0.5, 0.6) is 0 Å². The number of fused-ring (bicyclic) bond motifs is 1. The van der Waals surface area contributed by atoms with Crippen LogP contribution in [-0.4, -0.2) is 9.97 Å². The first-order chi connectivity index (χ1) is 9.93. The molecule has 6 heteroatoms. The van der Waals surface area contributed by atoms with E-state index in [0.717, 1.165) is 16.6 Å². The summed E-state index contributed by atoms with van der Waals surface area (Å²) in [4.78, 5) is 8.27. The van der Waals surface area contributed by atoms with E-state index in [0.29, 0.717) is 16.8 Å². The van der Waals surface area contributed by atoms with Gasteiger partial charge in [-0.15, -0.1) is 0 Å². The molecule has 2 nitrogen and oxygen atoms in total. The van der Waals surface area contributed by atoms with Crippen molar-refractivity contribution < 1.29 is 13.2 Å². The van der Waals surface area contributed by atoms with Crippen molar-refractivity contribution in [2.75, 3.05) is 0 Å². The summed E-state index contributed by atoms with van der Waals surface area (Å²) in [6.07, 6.45) is -1.67. The number of hydrogen-bond acceptors (Lipinski definition) is 2. The molecule has 3 aromatic rings. The Morgan fingerprint density at radius 1 is 1.05 bits per heavy atom. The third-order valence-electron chi connectivity index (χ3n) is 2.92. The highest BCUT2D eigenvalue weighted by Gasteiger charge is 2.30. The fourth-order valence-corrected chi connectivity index (χ4v) is 2.30. The molecule has 0 amide bonds. The maximum Gasteiger partial charge on any atom is 0.416 e. The molecule has 1 aromatic heterocycles. The van der Waals surface area contributed by atoms with E-state index in [1.165, 1.54) is 6.07 Å². The molecule has 0 aliphatic rings. The maximum atomic E-state index is 12.7. The van der Waals surface area contributed by atoms with Crippen LogP contribution in [0.2, 0.25) is 0 Å². The second-order valence-electron chi connectivity index (χ2n) is 4.40. The number of benzene rings is 2. The first-order valence-corrected chi connectivity index (χ1v) is 6.75. The molecule has 0 saturated heterocycles. The summed E-state index contributed by atoms with van der Waals surface area (Å²) >= 11 is 3.33. The molecule has 0 bridgehead atoms. The van der Waals surface area contributed by atoms with E-state index in [1.807, 2.05) is 6.07 Å². The van der Waals surface area contributed by atoms with E-state index < -0.39 is 11.7 Å². The van der Waals surface area contributed by atoms with Gasteiger partial charge in [0.05, 0.1) is 11.1 Å². The third kappa shape index (κ3) is 2.90. The van der Waals surface area contributed by atoms with E-state index in [9.17, 15) is 13.2 Å². The lowest BCUT2D eigenvalue weighted by Crippen LogP contribution is -2.04. The van der Waals surface area contributed by atoms with Gasteiger partial charge in [0, 0.05) is 15.4 Å². The zero-order chi connectivity index (χ0) is 15.0. The van der Waals surface area contributed by atoms with Gasteiger partial charge in [-0.3, -0.25) is 0 Å².